The van der Waals surface area contributed by atoms with Crippen LogP contribution >= 0.6 is 0 Å². The van der Waals surface area contributed by atoms with Crippen molar-refractivity contribution < 1.29 is 24.2 Å². The summed E-state index contributed by atoms with van der Waals surface area (Å²) < 4.78 is 11.5. The molecule has 2 saturated heterocycles. The van der Waals surface area contributed by atoms with Crippen LogP contribution in [0.4, 0.5) is 0 Å². The Morgan fingerprint density at radius 3 is 2.54 bits per heavy atom. The fourth-order valence-electron chi connectivity index (χ4n) is 3.83. The lowest BCUT2D eigenvalue weighted by atomic mass is 9.91. The van der Waals surface area contributed by atoms with E-state index in [0.717, 1.165) is 6.42 Å². The normalized spacial score (nSPS) is 30.0. The first-order valence-electron chi connectivity index (χ1n) is 9.82. The number of aromatic carboxylic acids is 1. The molecule has 154 valence electrons. The van der Waals surface area contributed by atoms with Crippen LogP contribution in [0.2, 0.25) is 0 Å². The number of carbonyl (C=O) groups is 2. The summed E-state index contributed by atoms with van der Waals surface area (Å²) in [6.45, 7) is 5.21. The first-order valence-corrected chi connectivity index (χ1v) is 9.82. The third kappa shape index (κ3) is 5.21. The molecule has 1 aromatic carbocycles. The number of benzene rings is 1. The summed E-state index contributed by atoms with van der Waals surface area (Å²) in [6, 6.07) is 6.81. The Bertz CT molecular complexity index is 671. The Balaban J connectivity index is 1.52. The van der Waals surface area contributed by atoms with E-state index in [-0.39, 0.29) is 23.6 Å². The van der Waals surface area contributed by atoms with Gasteiger partial charge in [0.1, 0.15) is 11.9 Å². The van der Waals surface area contributed by atoms with Gasteiger partial charge in [0.2, 0.25) is 5.91 Å². The number of hydrogen-bond donors (Lipinski definition) is 4. The van der Waals surface area contributed by atoms with Crippen molar-refractivity contribution in [3.8, 4) is 5.75 Å². The number of ether oxygens (including phenoxy) is 2. The van der Waals surface area contributed by atoms with Crippen molar-refractivity contribution in [3.05, 3.63) is 29.8 Å². The van der Waals surface area contributed by atoms with Crippen LogP contribution in [0.15, 0.2) is 24.3 Å². The molecule has 2 aliphatic heterocycles. The van der Waals surface area contributed by atoms with Crippen LogP contribution in [-0.4, -0.2) is 54.4 Å². The van der Waals surface area contributed by atoms with Crippen LogP contribution in [0.1, 0.15) is 43.5 Å². The molecule has 4 N–H and O–H groups in total. The summed E-state index contributed by atoms with van der Waals surface area (Å²) in [5.41, 5.74) is 6.63. The molecule has 8 nitrogen and oxygen atoms in total. The average Bonchev–Trinajstić information content (AvgIpc) is 3.00. The molecular formula is C20H29N3O5. The zero-order chi connectivity index (χ0) is 20.1. The lowest BCUT2D eigenvalue weighted by Gasteiger charge is -2.32. The molecule has 2 aliphatic rings. The summed E-state index contributed by atoms with van der Waals surface area (Å²) in [4.78, 5) is 23.4. The van der Waals surface area contributed by atoms with Gasteiger partial charge in [0.25, 0.3) is 0 Å². The molecule has 1 amide bonds. The van der Waals surface area contributed by atoms with Crippen LogP contribution in [0, 0.1) is 5.92 Å². The number of nitrogens with one attached hydrogen (secondary N) is 3. The van der Waals surface area contributed by atoms with E-state index in [4.69, 9.17) is 14.6 Å². The number of rotatable bonds is 7. The highest BCUT2D eigenvalue weighted by Gasteiger charge is 2.32. The minimum atomic E-state index is -0.978. The molecule has 28 heavy (non-hydrogen) atoms. The van der Waals surface area contributed by atoms with Crippen molar-refractivity contribution in [2.45, 2.75) is 57.3 Å². The van der Waals surface area contributed by atoms with Gasteiger partial charge in [-0.2, -0.15) is 0 Å². The zero-order valence-corrected chi connectivity index (χ0v) is 16.3. The van der Waals surface area contributed by atoms with Gasteiger partial charge in [0.15, 0.2) is 0 Å². The van der Waals surface area contributed by atoms with Gasteiger partial charge < -0.3 is 19.9 Å². The van der Waals surface area contributed by atoms with Crippen LogP contribution in [0.25, 0.3) is 0 Å². The van der Waals surface area contributed by atoms with E-state index in [0.29, 0.717) is 49.8 Å². The largest absolute Gasteiger partial charge is 0.486 e. The molecule has 0 saturated carbocycles. The minimum Gasteiger partial charge on any atom is -0.486 e. The van der Waals surface area contributed by atoms with Crippen molar-refractivity contribution >= 4 is 11.9 Å². The lowest BCUT2D eigenvalue weighted by Crippen LogP contribution is -2.51. The van der Waals surface area contributed by atoms with Crippen LogP contribution in [-0.2, 0) is 9.53 Å². The van der Waals surface area contributed by atoms with Crippen molar-refractivity contribution in [2.24, 2.45) is 5.92 Å². The number of amides is 1. The fourth-order valence-corrected chi connectivity index (χ4v) is 3.83. The molecule has 0 bridgehead atoms. The Morgan fingerprint density at radius 1 is 1.21 bits per heavy atom. The van der Waals surface area contributed by atoms with E-state index in [9.17, 15) is 9.59 Å². The van der Waals surface area contributed by atoms with Gasteiger partial charge >= 0.3 is 5.97 Å². The smallest absolute Gasteiger partial charge is 0.335 e. The second-order valence-corrected chi connectivity index (χ2v) is 7.59. The molecule has 0 spiro atoms. The van der Waals surface area contributed by atoms with Crippen LogP contribution in [0.3, 0.4) is 0 Å². The average molecular weight is 391 g/mol. The van der Waals surface area contributed by atoms with E-state index in [1.54, 1.807) is 12.1 Å². The van der Waals surface area contributed by atoms with Gasteiger partial charge in [-0.05, 0) is 56.9 Å². The Labute approximate surface area is 164 Å². The molecule has 4 atom stereocenters. The summed E-state index contributed by atoms with van der Waals surface area (Å²) in [5.74, 6) is 0.0211. The van der Waals surface area contributed by atoms with Gasteiger partial charge in [-0.25, -0.2) is 4.79 Å². The Hall–Kier alpha value is -2.16. The maximum atomic E-state index is 12.5. The van der Waals surface area contributed by atoms with Gasteiger partial charge in [-0.3, -0.25) is 15.6 Å². The molecule has 0 radical (unpaired) electrons. The molecule has 2 unspecified atom stereocenters. The Morgan fingerprint density at radius 2 is 1.89 bits per heavy atom. The van der Waals surface area contributed by atoms with Crippen LogP contribution < -0.4 is 20.9 Å². The third-order valence-electron chi connectivity index (χ3n) is 5.57. The zero-order valence-electron chi connectivity index (χ0n) is 16.3. The second-order valence-electron chi connectivity index (χ2n) is 7.59. The number of hydrazine groups is 1. The highest BCUT2D eigenvalue weighted by Crippen LogP contribution is 2.21. The fraction of sp³-hybridized carbons (Fsp3) is 0.600. The highest BCUT2D eigenvalue weighted by molar-refractivity contribution is 5.87. The molecule has 2 fully saturated rings. The Kier molecular flexibility index (Phi) is 6.88. The van der Waals surface area contributed by atoms with Gasteiger partial charge in [-0.15, -0.1) is 0 Å². The van der Waals surface area contributed by atoms with Gasteiger partial charge in [0, 0.05) is 25.1 Å². The maximum Gasteiger partial charge on any atom is 0.335 e. The molecule has 0 aromatic heterocycles. The highest BCUT2D eigenvalue weighted by atomic mass is 16.5. The van der Waals surface area contributed by atoms with E-state index in [2.05, 4.69) is 30.0 Å². The number of carboxylic acids is 1. The summed E-state index contributed by atoms with van der Waals surface area (Å²) >= 11 is 0. The van der Waals surface area contributed by atoms with Crippen molar-refractivity contribution in [1.29, 1.82) is 0 Å². The molecule has 3 rings (SSSR count). The minimum absolute atomic E-state index is 0.0213. The molecule has 0 aliphatic carbocycles. The van der Waals surface area contributed by atoms with Crippen molar-refractivity contribution in [2.75, 3.05) is 13.2 Å². The van der Waals surface area contributed by atoms with E-state index >= 15 is 0 Å². The SMILES string of the molecule is CC1NNC(C)C1CCC(=O)N[C@@H]1CCOC[C@H]1Oc1ccc(C(=O)O)cc1. The molecule has 1 aromatic rings. The monoisotopic (exact) mass is 391 g/mol. The first-order chi connectivity index (χ1) is 13.4. The number of hydrogen-bond acceptors (Lipinski definition) is 6. The predicted molar refractivity (Wildman–Crippen MR) is 103 cm³/mol. The maximum absolute atomic E-state index is 12.5. The van der Waals surface area contributed by atoms with E-state index in [1.807, 2.05) is 0 Å². The third-order valence-corrected chi connectivity index (χ3v) is 5.57. The molecule has 2 heterocycles. The summed E-state index contributed by atoms with van der Waals surface area (Å²) in [7, 11) is 0. The lowest BCUT2D eigenvalue weighted by molar-refractivity contribution is -0.124. The number of carboxylic acid groups (broad SMARTS) is 1. The quantitative estimate of drug-likeness (QED) is 0.555. The van der Waals surface area contributed by atoms with Gasteiger partial charge in [-0.1, -0.05) is 0 Å². The number of carbonyl (C=O) groups excluding carboxylic acids is 1. The van der Waals surface area contributed by atoms with Crippen molar-refractivity contribution in [1.82, 2.24) is 16.2 Å². The predicted octanol–water partition coefficient (Wildman–Crippen LogP) is 1.32. The molecular weight excluding hydrogens is 362 g/mol. The topological polar surface area (TPSA) is 109 Å². The summed E-state index contributed by atoms with van der Waals surface area (Å²) in [5, 5.41) is 12.1. The van der Waals surface area contributed by atoms with Crippen molar-refractivity contribution in [3.63, 3.8) is 0 Å². The standard InChI is InChI=1S/C20H29N3O5/c1-12-16(13(2)23-22-12)7-8-19(24)21-17-9-10-27-11-18(17)28-15-5-3-14(4-6-15)20(25)26/h3-6,12-13,16-18,22-23H,7-11H2,1-2H3,(H,21,24)(H,25,26)/t12?,13?,16?,17-,18-/m1/s1. The van der Waals surface area contributed by atoms with E-state index < -0.39 is 5.97 Å². The second kappa shape index (κ2) is 9.36. The van der Waals surface area contributed by atoms with Gasteiger partial charge in [0.05, 0.1) is 18.2 Å². The first kappa shape index (κ1) is 20.6. The van der Waals surface area contributed by atoms with E-state index in [1.165, 1.54) is 12.1 Å². The molecule has 8 heteroatoms. The summed E-state index contributed by atoms with van der Waals surface area (Å²) in [6.07, 6.45) is 1.67. The van der Waals surface area contributed by atoms with Crippen LogP contribution in [0.5, 0.6) is 5.75 Å².